The zero-order valence-corrected chi connectivity index (χ0v) is 18.6. The lowest BCUT2D eigenvalue weighted by atomic mass is 9.95. The molecule has 0 saturated carbocycles. The number of piperidine rings is 1. The molecule has 28 heavy (non-hydrogen) atoms. The van der Waals surface area contributed by atoms with E-state index in [1.165, 1.54) is 0 Å². The summed E-state index contributed by atoms with van der Waals surface area (Å²) in [5, 5.41) is 0.640. The number of carbonyl (C=O) groups is 2. The van der Waals surface area contributed by atoms with Crippen LogP contribution in [0, 0.1) is 12.8 Å². The maximum atomic E-state index is 13.2. The van der Waals surface area contributed by atoms with Crippen molar-refractivity contribution in [3.05, 3.63) is 28.8 Å². The van der Waals surface area contributed by atoms with Gasteiger partial charge in [-0.05, 0) is 64.7 Å². The first-order chi connectivity index (χ1) is 13.1. The summed E-state index contributed by atoms with van der Waals surface area (Å²) in [6, 6.07) is 5.67. The summed E-state index contributed by atoms with van der Waals surface area (Å²) in [5.41, 5.74) is 1.24. The molecule has 156 valence electrons. The van der Waals surface area contributed by atoms with Crippen LogP contribution in [0.4, 0.5) is 10.5 Å². The zero-order chi connectivity index (χ0) is 20.9. The second-order valence-electron chi connectivity index (χ2n) is 8.21. The van der Waals surface area contributed by atoms with Crippen molar-refractivity contribution in [3.8, 4) is 0 Å². The Hall–Kier alpha value is -1.46. The molecule has 0 aromatic heterocycles. The standard InChI is InChI=1S/C21H30Cl2N2O3/c1-15-6-7-17(14-18(15)23)25(11-5-10-22)19(26)16-8-12-24(13-9-16)20(27)28-21(2,3)4/h6-7,14,16H,5,8-13H2,1-4H3. The molecule has 1 aromatic rings. The third kappa shape index (κ3) is 6.28. The van der Waals surface area contributed by atoms with E-state index < -0.39 is 5.60 Å². The van der Waals surface area contributed by atoms with Gasteiger partial charge >= 0.3 is 6.09 Å². The number of nitrogens with zero attached hydrogens (tertiary/aromatic N) is 2. The SMILES string of the molecule is Cc1ccc(N(CCCCl)C(=O)C2CCN(C(=O)OC(C)(C)C)CC2)cc1Cl. The van der Waals surface area contributed by atoms with E-state index in [2.05, 4.69) is 0 Å². The summed E-state index contributed by atoms with van der Waals surface area (Å²) in [7, 11) is 0. The molecule has 7 heteroatoms. The molecule has 1 aliphatic rings. The average Bonchev–Trinajstić information content (AvgIpc) is 2.63. The Balaban J connectivity index is 2.05. The van der Waals surface area contributed by atoms with Crippen LogP contribution in [0.2, 0.25) is 5.02 Å². The Morgan fingerprint density at radius 1 is 1.25 bits per heavy atom. The molecule has 1 saturated heterocycles. The van der Waals surface area contributed by atoms with E-state index in [-0.39, 0.29) is 17.9 Å². The van der Waals surface area contributed by atoms with Crippen LogP contribution in [0.3, 0.4) is 0 Å². The zero-order valence-electron chi connectivity index (χ0n) is 17.1. The van der Waals surface area contributed by atoms with Crippen molar-refractivity contribution >= 4 is 40.9 Å². The molecular formula is C21H30Cl2N2O3. The monoisotopic (exact) mass is 428 g/mol. The van der Waals surface area contributed by atoms with Gasteiger partial charge in [-0.25, -0.2) is 4.79 Å². The highest BCUT2D eigenvalue weighted by Crippen LogP contribution is 2.28. The molecule has 0 spiro atoms. The van der Waals surface area contributed by atoms with Gasteiger partial charge < -0.3 is 14.5 Å². The van der Waals surface area contributed by atoms with E-state index in [1.54, 1.807) is 9.80 Å². The van der Waals surface area contributed by atoms with Gasteiger partial charge in [-0.3, -0.25) is 4.79 Å². The van der Waals surface area contributed by atoms with Crippen LogP contribution in [-0.2, 0) is 9.53 Å². The first-order valence-corrected chi connectivity index (χ1v) is 10.6. The smallest absolute Gasteiger partial charge is 0.410 e. The van der Waals surface area contributed by atoms with E-state index >= 15 is 0 Å². The fourth-order valence-corrected chi connectivity index (χ4v) is 3.48. The molecule has 0 atom stereocenters. The number of alkyl halides is 1. The van der Waals surface area contributed by atoms with Gasteiger partial charge in [0, 0.05) is 42.1 Å². The Bertz CT molecular complexity index is 695. The number of benzene rings is 1. The van der Waals surface area contributed by atoms with Crippen molar-refractivity contribution < 1.29 is 14.3 Å². The molecule has 0 aliphatic carbocycles. The van der Waals surface area contributed by atoms with Gasteiger partial charge in [0.15, 0.2) is 0 Å². The molecule has 1 heterocycles. The lowest BCUT2D eigenvalue weighted by Crippen LogP contribution is -2.46. The first kappa shape index (κ1) is 22.8. The second kappa shape index (κ2) is 9.84. The number of rotatable bonds is 5. The third-order valence-corrected chi connectivity index (χ3v) is 5.42. The molecule has 5 nitrogen and oxygen atoms in total. The first-order valence-electron chi connectivity index (χ1n) is 9.74. The number of amides is 2. The summed E-state index contributed by atoms with van der Waals surface area (Å²) < 4.78 is 5.43. The fraction of sp³-hybridized carbons (Fsp3) is 0.619. The topological polar surface area (TPSA) is 49.9 Å². The van der Waals surface area contributed by atoms with E-state index in [0.29, 0.717) is 49.8 Å². The summed E-state index contributed by atoms with van der Waals surface area (Å²) in [6.07, 6.45) is 1.63. The van der Waals surface area contributed by atoms with Gasteiger partial charge in [-0.15, -0.1) is 11.6 Å². The lowest BCUT2D eigenvalue weighted by Gasteiger charge is -2.35. The minimum atomic E-state index is -0.521. The number of halogens is 2. The third-order valence-electron chi connectivity index (χ3n) is 4.74. The van der Waals surface area contributed by atoms with Crippen molar-refractivity contribution in [1.82, 2.24) is 4.90 Å². The second-order valence-corrected chi connectivity index (χ2v) is 8.99. The number of anilines is 1. The van der Waals surface area contributed by atoms with E-state index in [9.17, 15) is 9.59 Å². The number of ether oxygens (including phenoxy) is 1. The Morgan fingerprint density at radius 2 is 1.89 bits per heavy atom. The Kier molecular flexibility index (Phi) is 8.02. The van der Waals surface area contributed by atoms with E-state index in [4.69, 9.17) is 27.9 Å². The molecule has 0 unspecified atom stereocenters. The van der Waals surface area contributed by atoms with Crippen LogP contribution in [0.1, 0.15) is 45.6 Å². The van der Waals surface area contributed by atoms with Gasteiger partial charge in [-0.2, -0.15) is 0 Å². The summed E-state index contributed by atoms with van der Waals surface area (Å²) >= 11 is 12.1. The molecular weight excluding hydrogens is 399 g/mol. The largest absolute Gasteiger partial charge is 0.444 e. The average molecular weight is 429 g/mol. The maximum absolute atomic E-state index is 13.2. The van der Waals surface area contributed by atoms with Gasteiger partial charge in [-0.1, -0.05) is 17.7 Å². The Morgan fingerprint density at radius 3 is 2.43 bits per heavy atom. The molecule has 1 aliphatic heterocycles. The molecule has 0 radical (unpaired) electrons. The summed E-state index contributed by atoms with van der Waals surface area (Å²) in [4.78, 5) is 28.9. The minimum Gasteiger partial charge on any atom is -0.444 e. The number of carbonyl (C=O) groups excluding carboxylic acids is 2. The fourth-order valence-electron chi connectivity index (χ4n) is 3.19. The van der Waals surface area contributed by atoms with Crippen LogP contribution in [0.15, 0.2) is 18.2 Å². The summed E-state index contributed by atoms with van der Waals surface area (Å²) in [6.45, 7) is 9.07. The van der Waals surface area contributed by atoms with Crippen LogP contribution < -0.4 is 4.90 Å². The highest BCUT2D eigenvalue weighted by Gasteiger charge is 2.32. The molecule has 2 amide bonds. The highest BCUT2D eigenvalue weighted by molar-refractivity contribution is 6.31. The normalized spacial score (nSPS) is 15.4. The van der Waals surface area contributed by atoms with Gasteiger partial charge in [0.2, 0.25) is 5.91 Å². The van der Waals surface area contributed by atoms with Crippen molar-refractivity contribution in [2.75, 3.05) is 30.4 Å². The van der Waals surface area contributed by atoms with Gasteiger partial charge in [0.05, 0.1) is 0 Å². The van der Waals surface area contributed by atoms with Crippen LogP contribution in [0.25, 0.3) is 0 Å². The summed E-state index contributed by atoms with van der Waals surface area (Å²) in [5.74, 6) is 0.420. The van der Waals surface area contributed by atoms with Crippen LogP contribution >= 0.6 is 23.2 Å². The molecule has 1 aromatic carbocycles. The molecule has 0 bridgehead atoms. The molecule has 0 N–H and O–H groups in total. The molecule has 1 fully saturated rings. The number of aryl methyl sites for hydroxylation is 1. The van der Waals surface area contributed by atoms with Gasteiger partial charge in [0.25, 0.3) is 0 Å². The highest BCUT2D eigenvalue weighted by atomic mass is 35.5. The lowest BCUT2D eigenvalue weighted by molar-refractivity contribution is -0.123. The maximum Gasteiger partial charge on any atom is 0.410 e. The van der Waals surface area contributed by atoms with Crippen molar-refractivity contribution in [2.45, 2.75) is 52.6 Å². The number of hydrogen-bond donors (Lipinski definition) is 0. The van der Waals surface area contributed by atoms with Gasteiger partial charge in [0.1, 0.15) is 5.60 Å². The van der Waals surface area contributed by atoms with E-state index in [1.807, 2.05) is 45.9 Å². The Labute approximate surface area is 177 Å². The van der Waals surface area contributed by atoms with Crippen molar-refractivity contribution in [2.24, 2.45) is 5.92 Å². The predicted molar refractivity (Wildman–Crippen MR) is 114 cm³/mol. The van der Waals surface area contributed by atoms with Crippen LogP contribution in [0.5, 0.6) is 0 Å². The molecule has 2 rings (SSSR count). The number of likely N-dealkylation sites (tertiary alicyclic amines) is 1. The number of hydrogen-bond acceptors (Lipinski definition) is 3. The van der Waals surface area contributed by atoms with Crippen molar-refractivity contribution in [1.29, 1.82) is 0 Å². The van der Waals surface area contributed by atoms with Crippen molar-refractivity contribution in [3.63, 3.8) is 0 Å². The van der Waals surface area contributed by atoms with Crippen LogP contribution in [-0.4, -0.2) is 48.0 Å². The quantitative estimate of drug-likeness (QED) is 0.600. The predicted octanol–water partition coefficient (Wildman–Crippen LogP) is 5.26. The minimum absolute atomic E-state index is 0.0638. The van der Waals surface area contributed by atoms with E-state index in [0.717, 1.165) is 11.3 Å².